The maximum atomic E-state index is 13.3. The molecule has 0 spiro atoms. The van der Waals surface area contributed by atoms with E-state index < -0.39 is 0 Å². The molecule has 0 saturated heterocycles. The molecule has 0 amide bonds. The van der Waals surface area contributed by atoms with Crippen LogP contribution in [0.25, 0.3) is 62.6 Å². The Labute approximate surface area is 350 Å². The molecule has 2 aromatic heterocycles. The Bertz CT molecular complexity index is 2660. The topological polar surface area (TPSA) is 63.6 Å². The average Bonchev–Trinajstić information content (AvgIpc) is 3.20. The number of para-hydroxylation sites is 1. The third-order valence-corrected chi connectivity index (χ3v) is 11.7. The molecule has 0 saturated carbocycles. The van der Waals surface area contributed by atoms with E-state index in [0.717, 1.165) is 71.5 Å². The number of hydrogen-bond donors (Lipinski definition) is 1. The number of benzene rings is 7. The summed E-state index contributed by atoms with van der Waals surface area (Å²) in [5, 5.41) is 11.3. The van der Waals surface area contributed by atoms with Crippen molar-refractivity contribution in [2.75, 3.05) is 0 Å². The number of hydrogen-bond acceptors (Lipinski definition) is 6. The van der Waals surface area contributed by atoms with Gasteiger partial charge in [0.2, 0.25) is 0 Å². The Hall–Kier alpha value is -4.97. The van der Waals surface area contributed by atoms with Crippen LogP contribution in [0.4, 0.5) is 0 Å². The summed E-state index contributed by atoms with van der Waals surface area (Å²) in [4.78, 5) is 25.6. The molecule has 1 radical (unpaired) electrons. The van der Waals surface area contributed by atoms with Crippen LogP contribution in [0.3, 0.4) is 0 Å². The molecule has 0 aliphatic rings. The molecular weight excluding hydrogens is 870 g/mol. The summed E-state index contributed by atoms with van der Waals surface area (Å²) in [6, 6.07) is 53.5. The molecule has 56 heavy (non-hydrogen) atoms. The molecule has 10 heteroatoms. The van der Waals surface area contributed by atoms with Gasteiger partial charge in [-0.05, 0) is 95.1 Å². The predicted molar refractivity (Wildman–Crippen MR) is 246 cm³/mol. The Morgan fingerprint density at radius 2 is 0.804 bits per heavy atom. The molecule has 0 bridgehead atoms. The molecule has 7 aromatic carbocycles. The molecule has 2 heterocycles. The summed E-state index contributed by atoms with van der Waals surface area (Å²) >= 11 is 10.1. The molecule has 9 rings (SSSR count). The standard InChI is InChI=1S/C25H16OS.C13H6Br2OS.C6H6BO2.CH4.CH3.FH/c26-25-21-15-19(17-7-3-1-4-8-17)11-13-23(21)27-24-14-12-20(16-22(24)25)18-9-5-2-6-10-18;14-7-1-3-11-9(5-7)13(16)10-6-8(15)2-4-12(10)17-11;8-7-9-6-4-2-1-3-5-6;;;/h1-16H;1-6H;1-5,8H;1H4;1H3;1H/q;;;;-1;/p-1. The first kappa shape index (κ1) is 43.8. The maximum Gasteiger partial charge on any atom is 0.569 e. The fraction of sp³-hybridized carbons (Fsp3) is 0.0217. The van der Waals surface area contributed by atoms with Crippen LogP contribution < -0.4 is 20.2 Å². The second-order valence-electron chi connectivity index (χ2n) is 11.8. The Morgan fingerprint density at radius 1 is 0.464 bits per heavy atom. The summed E-state index contributed by atoms with van der Waals surface area (Å²) in [7, 11) is 0.662. The SMILES string of the molecule is C.O=c1c2cc(-c3ccccc3)ccc2sc2ccc(-c3ccccc3)cc12.O=c1c2cc(Br)ccc2sc2ccc(Br)cc12.O[B]Oc1ccccc1.[CH3-].[F-]. The van der Waals surface area contributed by atoms with Crippen molar-refractivity contribution in [3.63, 3.8) is 0 Å². The van der Waals surface area contributed by atoms with Gasteiger partial charge in [-0.3, -0.25) is 9.59 Å². The van der Waals surface area contributed by atoms with E-state index in [-0.39, 0.29) is 30.4 Å². The summed E-state index contributed by atoms with van der Waals surface area (Å²) < 4.78 is 10.6. The largest absolute Gasteiger partial charge is 1.00 e. The number of rotatable bonds is 4. The number of fused-ring (bicyclic) bond motifs is 4. The van der Waals surface area contributed by atoms with Crippen LogP contribution in [-0.2, 0) is 0 Å². The molecular formula is C46H35BBr2FO4S2-2. The molecule has 0 atom stereocenters. The Kier molecular flexibility index (Phi) is 15.8. The van der Waals surface area contributed by atoms with Crippen molar-refractivity contribution in [3.05, 3.63) is 201 Å². The highest BCUT2D eigenvalue weighted by Crippen LogP contribution is 2.32. The molecule has 0 unspecified atom stereocenters. The van der Waals surface area contributed by atoms with Gasteiger partial charge in [0, 0.05) is 49.3 Å². The van der Waals surface area contributed by atoms with E-state index in [9.17, 15) is 9.59 Å². The number of halogens is 3. The third-order valence-electron chi connectivity index (χ3n) is 8.41. The molecule has 1 N–H and O–H groups in total. The van der Waals surface area contributed by atoms with Crippen LogP contribution in [0.2, 0.25) is 0 Å². The van der Waals surface area contributed by atoms with Crippen LogP contribution in [-0.4, -0.2) is 12.7 Å². The Balaban J connectivity index is 0.000000206. The molecule has 0 aliphatic carbocycles. The van der Waals surface area contributed by atoms with Crippen molar-refractivity contribution < 1.29 is 14.4 Å². The summed E-state index contributed by atoms with van der Waals surface area (Å²) in [5.41, 5.74) is 4.60. The van der Waals surface area contributed by atoms with Gasteiger partial charge in [0.25, 0.3) is 0 Å². The fourth-order valence-corrected chi connectivity index (χ4v) is 8.62. The summed E-state index contributed by atoms with van der Waals surface area (Å²) in [5.74, 6) is 0.639. The minimum Gasteiger partial charge on any atom is -1.00 e. The van der Waals surface area contributed by atoms with Crippen molar-refractivity contribution in [1.82, 2.24) is 0 Å². The lowest BCUT2D eigenvalue weighted by Crippen LogP contribution is -3.00. The van der Waals surface area contributed by atoms with Gasteiger partial charge in [-0.25, -0.2) is 0 Å². The summed E-state index contributed by atoms with van der Waals surface area (Å²) in [6.45, 7) is 0. The first-order valence-electron chi connectivity index (χ1n) is 16.5. The van der Waals surface area contributed by atoms with Gasteiger partial charge in [0.15, 0.2) is 10.9 Å². The highest BCUT2D eigenvalue weighted by Gasteiger charge is 2.10. The molecule has 9 aromatic rings. The van der Waals surface area contributed by atoms with E-state index in [4.69, 9.17) is 5.02 Å². The fourth-order valence-electron chi connectivity index (χ4n) is 5.84. The average molecular weight is 906 g/mol. The lowest BCUT2D eigenvalue weighted by molar-refractivity contribution is -0.0000121. The van der Waals surface area contributed by atoms with Crippen molar-refractivity contribution >= 4 is 103 Å². The lowest BCUT2D eigenvalue weighted by Gasteiger charge is -2.07. The van der Waals surface area contributed by atoms with Gasteiger partial charge in [0.05, 0.1) is 5.75 Å². The van der Waals surface area contributed by atoms with E-state index in [2.05, 4.69) is 85.0 Å². The Morgan fingerprint density at radius 3 is 1.18 bits per heavy atom. The highest BCUT2D eigenvalue weighted by molar-refractivity contribution is 9.10. The molecule has 0 aliphatic heterocycles. The van der Waals surface area contributed by atoms with Gasteiger partial charge in [-0.1, -0.05) is 130 Å². The van der Waals surface area contributed by atoms with Crippen LogP contribution in [0.5, 0.6) is 5.75 Å². The first-order valence-corrected chi connectivity index (χ1v) is 19.7. The van der Waals surface area contributed by atoms with Gasteiger partial charge in [-0.2, -0.15) is 0 Å². The second-order valence-corrected chi connectivity index (χ2v) is 15.8. The highest BCUT2D eigenvalue weighted by atomic mass is 79.9. The van der Waals surface area contributed by atoms with E-state index in [1.807, 2.05) is 103 Å². The zero-order valence-corrected chi connectivity index (χ0v) is 34.1. The van der Waals surface area contributed by atoms with Crippen LogP contribution >= 0.6 is 54.5 Å². The van der Waals surface area contributed by atoms with E-state index in [1.165, 1.54) is 0 Å². The van der Waals surface area contributed by atoms with E-state index >= 15 is 0 Å². The smallest absolute Gasteiger partial charge is 0.569 e. The van der Waals surface area contributed by atoms with Gasteiger partial charge in [0.1, 0.15) is 0 Å². The second kappa shape index (κ2) is 20.3. The minimum atomic E-state index is 0. The van der Waals surface area contributed by atoms with Crippen LogP contribution in [0.15, 0.2) is 182 Å². The van der Waals surface area contributed by atoms with Gasteiger partial charge >= 0.3 is 7.69 Å². The van der Waals surface area contributed by atoms with Crippen molar-refractivity contribution in [2.24, 2.45) is 0 Å². The quantitative estimate of drug-likeness (QED) is 0.109. The van der Waals surface area contributed by atoms with Gasteiger partial charge < -0.3 is 21.8 Å². The zero-order valence-electron chi connectivity index (χ0n) is 29.3. The van der Waals surface area contributed by atoms with E-state index in [1.54, 1.807) is 34.8 Å². The van der Waals surface area contributed by atoms with Crippen LogP contribution in [0.1, 0.15) is 7.43 Å². The zero-order chi connectivity index (χ0) is 36.7. The first-order chi connectivity index (χ1) is 25.9. The molecule has 281 valence electrons. The van der Waals surface area contributed by atoms with Crippen molar-refractivity contribution in [1.29, 1.82) is 0 Å². The summed E-state index contributed by atoms with van der Waals surface area (Å²) in [6.07, 6.45) is 0. The van der Waals surface area contributed by atoms with Crippen molar-refractivity contribution in [3.8, 4) is 28.0 Å². The minimum absolute atomic E-state index is 0. The predicted octanol–water partition coefficient (Wildman–Crippen LogP) is 10.4. The third kappa shape index (κ3) is 10.1. The van der Waals surface area contributed by atoms with E-state index in [0.29, 0.717) is 13.4 Å². The molecule has 4 nitrogen and oxygen atoms in total. The van der Waals surface area contributed by atoms with Crippen molar-refractivity contribution in [2.45, 2.75) is 7.43 Å². The van der Waals surface area contributed by atoms with Gasteiger partial charge in [-0.15, -0.1) is 22.7 Å². The normalized spacial score (nSPS) is 10.1. The lowest BCUT2D eigenvalue weighted by atomic mass is 10.0. The monoisotopic (exact) mass is 903 g/mol. The molecule has 0 fully saturated rings. The van der Waals surface area contributed by atoms with Crippen LogP contribution in [0, 0.1) is 7.43 Å². The maximum absolute atomic E-state index is 13.3.